The van der Waals surface area contributed by atoms with Gasteiger partial charge in [0, 0.05) is 18.7 Å². The van der Waals surface area contributed by atoms with E-state index in [9.17, 15) is 4.79 Å². The van der Waals surface area contributed by atoms with Crippen LogP contribution in [0.5, 0.6) is 5.75 Å². The Balaban J connectivity index is 1.93. The Kier molecular flexibility index (Phi) is 4.15. The number of rotatable bonds is 5. The van der Waals surface area contributed by atoms with Gasteiger partial charge >= 0.3 is 5.97 Å². The quantitative estimate of drug-likeness (QED) is 0.867. The van der Waals surface area contributed by atoms with E-state index < -0.39 is 5.97 Å². The Morgan fingerprint density at radius 3 is 3.11 bits per heavy atom. The van der Waals surface area contributed by atoms with Crippen molar-refractivity contribution in [1.29, 1.82) is 0 Å². The topological polar surface area (TPSA) is 68.7 Å². The van der Waals surface area contributed by atoms with E-state index in [4.69, 9.17) is 14.6 Å². The monoisotopic (exact) mass is 251 g/mol. The number of hydrogen-bond donors (Lipinski definition) is 1. The second kappa shape index (κ2) is 5.82. The highest BCUT2D eigenvalue weighted by Gasteiger charge is 2.17. The number of nitrogens with zero attached hydrogens (tertiary/aromatic N) is 1. The van der Waals surface area contributed by atoms with Crippen molar-refractivity contribution in [3.8, 4) is 5.75 Å². The van der Waals surface area contributed by atoms with Crippen molar-refractivity contribution >= 4 is 5.97 Å². The first-order valence-electron chi connectivity index (χ1n) is 6.12. The molecule has 18 heavy (non-hydrogen) atoms. The van der Waals surface area contributed by atoms with Crippen LogP contribution < -0.4 is 4.74 Å². The van der Waals surface area contributed by atoms with Crippen LogP contribution in [0.2, 0.25) is 0 Å². The van der Waals surface area contributed by atoms with Crippen LogP contribution in [-0.2, 0) is 4.74 Å². The summed E-state index contributed by atoms with van der Waals surface area (Å²) in [6, 6.07) is 3.40. The predicted molar refractivity (Wildman–Crippen MR) is 65.0 cm³/mol. The van der Waals surface area contributed by atoms with Crippen molar-refractivity contribution in [3.05, 3.63) is 23.5 Å². The average Bonchev–Trinajstić information content (AvgIpc) is 2.84. The highest BCUT2D eigenvalue weighted by Crippen LogP contribution is 2.19. The molecule has 0 saturated carbocycles. The average molecular weight is 251 g/mol. The second-order valence-corrected chi connectivity index (χ2v) is 4.38. The smallest absolute Gasteiger partial charge is 0.358 e. The number of aryl methyl sites for hydroxylation is 1. The molecule has 98 valence electrons. The maximum Gasteiger partial charge on any atom is 0.358 e. The largest absolute Gasteiger partial charge is 0.491 e. The molecule has 1 aliphatic rings. The maximum atomic E-state index is 11.0. The van der Waals surface area contributed by atoms with E-state index in [2.05, 4.69) is 4.98 Å². The van der Waals surface area contributed by atoms with Gasteiger partial charge in [0.25, 0.3) is 0 Å². The molecule has 1 unspecified atom stereocenters. The molecule has 1 saturated heterocycles. The van der Waals surface area contributed by atoms with Crippen molar-refractivity contribution in [3.63, 3.8) is 0 Å². The number of carbonyl (C=O) groups is 1. The van der Waals surface area contributed by atoms with Crippen molar-refractivity contribution in [1.82, 2.24) is 4.98 Å². The van der Waals surface area contributed by atoms with E-state index in [1.54, 1.807) is 19.1 Å². The summed E-state index contributed by atoms with van der Waals surface area (Å²) in [4.78, 5) is 15.0. The Morgan fingerprint density at radius 2 is 2.44 bits per heavy atom. The van der Waals surface area contributed by atoms with Crippen LogP contribution in [0.15, 0.2) is 12.1 Å². The summed E-state index contributed by atoms with van der Waals surface area (Å²) in [5, 5.41) is 9.03. The Morgan fingerprint density at radius 1 is 1.61 bits per heavy atom. The van der Waals surface area contributed by atoms with Crippen molar-refractivity contribution in [2.24, 2.45) is 0 Å². The van der Waals surface area contributed by atoms with Crippen molar-refractivity contribution < 1.29 is 19.4 Å². The number of pyridine rings is 1. The number of hydrogen-bond acceptors (Lipinski definition) is 4. The lowest BCUT2D eigenvalue weighted by molar-refractivity contribution is 0.0681. The lowest BCUT2D eigenvalue weighted by Crippen LogP contribution is -2.13. The molecule has 1 N–H and O–H groups in total. The molecule has 5 nitrogen and oxygen atoms in total. The van der Waals surface area contributed by atoms with Gasteiger partial charge in [-0.25, -0.2) is 9.78 Å². The van der Waals surface area contributed by atoms with Crippen LogP contribution >= 0.6 is 0 Å². The van der Waals surface area contributed by atoms with Crippen molar-refractivity contribution in [2.75, 3.05) is 13.2 Å². The van der Waals surface area contributed by atoms with Gasteiger partial charge in [-0.15, -0.1) is 0 Å². The van der Waals surface area contributed by atoms with E-state index in [1.165, 1.54) is 0 Å². The van der Waals surface area contributed by atoms with Gasteiger partial charge in [0.1, 0.15) is 0 Å². The molecule has 5 heteroatoms. The minimum absolute atomic E-state index is 0.0256. The van der Waals surface area contributed by atoms with Gasteiger partial charge in [0.15, 0.2) is 11.4 Å². The predicted octanol–water partition coefficient (Wildman–Crippen LogP) is 2.04. The van der Waals surface area contributed by atoms with Gasteiger partial charge in [-0.05, 0) is 31.9 Å². The zero-order chi connectivity index (χ0) is 13.0. The van der Waals surface area contributed by atoms with E-state index in [-0.39, 0.29) is 11.8 Å². The Hall–Kier alpha value is -1.62. The molecule has 1 fully saturated rings. The molecule has 2 heterocycles. The lowest BCUT2D eigenvalue weighted by atomic mass is 10.2. The van der Waals surface area contributed by atoms with Crippen LogP contribution in [0, 0.1) is 6.92 Å². The Bertz CT molecular complexity index is 427. The number of aromatic carboxylic acids is 1. The number of carboxylic acids is 1. The van der Waals surface area contributed by atoms with E-state index in [0.29, 0.717) is 18.1 Å². The summed E-state index contributed by atoms with van der Waals surface area (Å²) in [6.07, 6.45) is 3.18. The molecule has 1 aromatic rings. The van der Waals surface area contributed by atoms with E-state index >= 15 is 0 Å². The third-order valence-corrected chi connectivity index (χ3v) is 2.92. The SMILES string of the molecule is Cc1ccc(OCCC2CCCO2)c(C(=O)O)n1. The summed E-state index contributed by atoms with van der Waals surface area (Å²) in [5.41, 5.74) is 0.640. The fourth-order valence-electron chi connectivity index (χ4n) is 1.99. The molecule has 0 radical (unpaired) electrons. The van der Waals surface area contributed by atoms with Crippen molar-refractivity contribution in [2.45, 2.75) is 32.3 Å². The highest BCUT2D eigenvalue weighted by atomic mass is 16.5. The molecule has 1 aliphatic heterocycles. The van der Waals surface area contributed by atoms with Gasteiger partial charge in [-0.2, -0.15) is 0 Å². The number of ether oxygens (including phenoxy) is 2. The fourth-order valence-corrected chi connectivity index (χ4v) is 1.99. The highest BCUT2D eigenvalue weighted by molar-refractivity contribution is 5.88. The lowest BCUT2D eigenvalue weighted by Gasteiger charge is -2.12. The first-order chi connectivity index (χ1) is 8.66. The zero-order valence-electron chi connectivity index (χ0n) is 10.4. The molecule has 1 atom stereocenters. The van der Waals surface area contributed by atoms with Crippen LogP contribution in [0.4, 0.5) is 0 Å². The molecule has 0 bridgehead atoms. The van der Waals surface area contributed by atoms with Gasteiger partial charge in [0.05, 0.1) is 12.7 Å². The zero-order valence-corrected chi connectivity index (χ0v) is 10.4. The molecule has 0 amide bonds. The molecule has 2 rings (SSSR count). The van der Waals surface area contributed by atoms with Gasteiger partial charge in [0.2, 0.25) is 0 Å². The number of aromatic nitrogens is 1. The maximum absolute atomic E-state index is 11.0. The normalized spacial score (nSPS) is 18.8. The molecule has 0 aromatic carbocycles. The third-order valence-electron chi connectivity index (χ3n) is 2.92. The molecule has 0 aliphatic carbocycles. The summed E-state index contributed by atoms with van der Waals surface area (Å²) in [6.45, 7) is 3.02. The standard InChI is InChI=1S/C13H17NO4/c1-9-4-5-11(12(14-9)13(15)16)18-8-6-10-3-2-7-17-10/h4-5,10H,2-3,6-8H2,1H3,(H,15,16). The van der Waals surface area contributed by atoms with Gasteiger partial charge in [-0.1, -0.05) is 0 Å². The second-order valence-electron chi connectivity index (χ2n) is 4.38. The molecule has 1 aromatic heterocycles. The van der Waals surface area contributed by atoms with E-state index in [0.717, 1.165) is 25.9 Å². The third kappa shape index (κ3) is 3.20. The van der Waals surface area contributed by atoms with Crippen LogP contribution in [0.1, 0.15) is 35.4 Å². The van der Waals surface area contributed by atoms with Gasteiger partial charge < -0.3 is 14.6 Å². The first-order valence-corrected chi connectivity index (χ1v) is 6.12. The number of carboxylic acid groups (broad SMARTS) is 1. The summed E-state index contributed by atoms with van der Waals surface area (Å²) in [7, 11) is 0. The first kappa shape index (κ1) is 12.8. The minimum atomic E-state index is -1.06. The Labute approximate surface area is 106 Å². The molecular formula is C13H17NO4. The fraction of sp³-hybridized carbons (Fsp3) is 0.538. The summed E-state index contributed by atoms with van der Waals surface area (Å²) in [5.74, 6) is -0.739. The summed E-state index contributed by atoms with van der Waals surface area (Å²) < 4.78 is 11.0. The summed E-state index contributed by atoms with van der Waals surface area (Å²) >= 11 is 0. The van der Waals surface area contributed by atoms with Crippen LogP contribution in [0.25, 0.3) is 0 Å². The van der Waals surface area contributed by atoms with Gasteiger partial charge in [-0.3, -0.25) is 0 Å². The minimum Gasteiger partial charge on any atom is -0.491 e. The molecule has 0 spiro atoms. The van der Waals surface area contributed by atoms with Crippen LogP contribution in [-0.4, -0.2) is 35.4 Å². The van der Waals surface area contributed by atoms with E-state index in [1.807, 2.05) is 0 Å². The molecular weight excluding hydrogens is 234 g/mol. The van der Waals surface area contributed by atoms with Crippen LogP contribution in [0.3, 0.4) is 0 Å².